The Hall–Kier alpha value is -0.0800. The summed E-state index contributed by atoms with van der Waals surface area (Å²) >= 11 is 0. The van der Waals surface area contributed by atoms with Crippen LogP contribution in [0.2, 0.25) is 0 Å². The molecule has 0 amide bonds. The van der Waals surface area contributed by atoms with Crippen molar-refractivity contribution in [3.8, 4) is 0 Å². The third-order valence-corrected chi connectivity index (χ3v) is 3.81. The van der Waals surface area contributed by atoms with E-state index in [0.29, 0.717) is 5.92 Å². The Morgan fingerprint density at radius 2 is 1.79 bits per heavy atom. The van der Waals surface area contributed by atoms with Gasteiger partial charge in [-0.1, -0.05) is 27.2 Å². The first-order valence-corrected chi connectivity index (χ1v) is 5.83. The SMILES string of the molecule is CCCC(C)C(N)C(C)(CC)N(C)C. The van der Waals surface area contributed by atoms with E-state index in [1.54, 1.807) is 0 Å². The molecule has 86 valence electrons. The monoisotopic (exact) mass is 200 g/mol. The fraction of sp³-hybridized carbons (Fsp3) is 1.00. The van der Waals surface area contributed by atoms with Crippen LogP contribution in [0, 0.1) is 5.92 Å². The van der Waals surface area contributed by atoms with E-state index in [1.807, 2.05) is 0 Å². The number of hydrogen-bond donors (Lipinski definition) is 1. The Kier molecular flexibility index (Phi) is 5.68. The zero-order valence-corrected chi connectivity index (χ0v) is 10.8. The second-order valence-electron chi connectivity index (χ2n) is 4.90. The van der Waals surface area contributed by atoms with Crippen LogP contribution in [-0.2, 0) is 0 Å². The second kappa shape index (κ2) is 5.72. The van der Waals surface area contributed by atoms with E-state index in [9.17, 15) is 0 Å². The van der Waals surface area contributed by atoms with Crippen LogP contribution >= 0.6 is 0 Å². The van der Waals surface area contributed by atoms with Gasteiger partial charge in [0.15, 0.2) is 0 Å². The molecule has 0 aromatic rings. The molecule has 0 saturated heterocycles. The third-order valence-electron chi connectivity index (χ3n) is 3.81. The highest BCUT2D eigenvalue weighted by atomic mass is 15.2. The zero-order chi connectivity index (χ0) is 11.4. The zero-order valence-electron chi connectivity index (χ0n) is 10.8. The lowest BCUT2D eigenvalue weighted by atomic mass is 9.80. The second-order valence-corrected chi connectivity index (χ2v) is 4.90. The molecule has 3 atom stereocenters. The van der Waals surface area contributed by atoms with E-state index in [-0.39, 0.29) is 11.6 Å². The Labute approximate surface area is 89.9 Å². The van der Waals surface area contributed by atoms with E-state index >= 15 is 0 Å². The summed E-state index contributed by atoms with van der Waals surface area (Å²) in [5.41, 5.74) is 6.49. The molecule has 0 aromatic heterocycles. The number of hydrogen-bond acceptors (Lipinski definition) is 2. The number of nitrogens with zero attached hydrogens (tertiary/aromatic N) is 1. The van der Waals surface area contributed by atoms with Gasteiger partial charge in [-0.15, -0.1) is 0 Å². The van der Waals surface area contributed by atoms with Crippen molar-refractivity contribution < 1.29 is 0 Å². The van der Waals surface area contributed by atoms with Crippen molar-refractivity contribution in [2.75, 3.05) is 14.1 Å². The van der Waals surface area contributed by atoms with Crippen molar-refractivity contribution in [2.45, 2.75) is 58.5 Å². The highest BCUT2D eigenvalue weighted by Crippen LogP contribution is 2.26. The van der Waals surface area contributed by atoms with E-state index in [4.69, 9.17) is 5.73 Å². The van der Waals surface area contributed by atoms with Crippen LogP contribution in [0.25, 0.3) is 0 Å². The highest BCUT2D eigenvalue weighted by Gasteiger charge is 2.34. The summed E-state index contributed by atoms with van der Waals surface area (Å²) in [7, 11) is 4.25. The van der Waals surface area contributed by atoms with Crippen molar-refractivity contribution in [1.29, 1.82) is 0 Å². The molecule has 0 rings (SSSR count). The maximum absolute atomic E-state index is 6.35. The van der Waals surface area contributed by atoms with Gasteiger partial charge in [0, 0.05) is 11.6 Å². The van der Waals surface area contributed by atoms with Crippen molar-refractivity contribution in [1.82, 2.24) is 4.90 Å². The van der Waals surface area contributed by atoms with Crippen LogP contribution in [0.4, 0.5) is 0 Å². The molecule has 2 nitrogen and oxygen atoms in total. The fourth-order valence-corrected chi connectivity index (χ4v) is 2.10. The Morgan fingerprint density at radius 1 is 1.29 bits per heavy atom. The van der Waals surface area contributed by atoms with Gasteiger partial charge in [-0.3, -0.25) is 0 Å². The van der Waals surface area contributed by atoms with Gasteiger partial charge in [0.2, 0.25) is 0 Å². The topological polar surface area (TPSA) is 29.3 Å². The minimum absolute atomic E-state index is 0.134. The Balaban J connectivity index is 4.51. The molecule has 0 fully saturated rings. The highest BCUT2D eigenvalue weighted by molar-refractivity contribution is 4.94. The predicted molar refractivity (Wildman–Crippen MR) is 64.4 cm³/mol. The molecular weight excluding hydrogens is 172 g/mol. The molecule has 3 unspecified atom stereocenters. The molecule has 0 aromatic carbocycles. The van der Waals surface area contributed by atoms with Crippen LogP contribution in [-0.4, -0.2) is 30.6 Å². The standard InChI is InChI=1S/C12H28N2/c1-7-9-10(3)11(13)12(4,8-2)14(5)6/h10-11H,7-9,13H2,1-6H3. The van der Waals surface area contributed by atoms with Crippen LogP contribution in [0.3, 0.4) is 0 Å². The smallest absolute Gasteiger partial charge is 0.0326 e. The van der Waals surface area contributed by atoms with Crippen molar-refractivity contribution in [2.24, 2.45) is 11.7 Å². The van der Waals surface area contributed by atoms with Crippen LogP contribution in [0.1, 0.15) is 47.0 Å². The fourth-order valence-electron chi connectivity index (χ4n) is 2.10. The van der Waals surface area contributed by atoms with E-state index in [2.05, 4.69) is 46.7 Å². The third kappa shape index (κ3) is 2.96. The van der Waals surface area contributed by atoms with Gasteiger partial charge in [0.25, 0.3) is 0 Å². The lowest BCUT2D eigenvalue weighted by Gasteiger charge is -2.43. The summed E-state index contributed by atoms with van der Waals surface area (Å²) < 4.78 is 0. The summed E-state index contributed by atoms with van der Waals surface area (Å²) in [6, 6.07) is 0.266. The molecule has 2 heteroatoms. The van der Waals surface area contributed by atoms with Gasteiger partial charge < -0.3 is 10.6 Å². The largest absolute Gasteiger partial charge is 0.326 e. The van der Waals surface area contributed by atoms with Gasteiger partial charge in [-0.2, -0.15) is 0 Å². The molecule has 0 radical (unpaired) electrons. The number of rotatable bonds is 6. The van der Waals surface area contributed by atoms with Crippen LogP contribution in [0.5, 0.6) is 0 Å². The summed E-state index contributed by atoms with van der Waals surface area (Å²) in [5.74, 6) is 0.604. The lowest BCUT2D eigenvalue weighted by Crippen LogP contribution is -2.57. The molecule has 0 spiro atoms. The molecule has 0 saturated carbocycles. The molecule has 0 aliphatic rings. The predicted octanol–water partition coefficient (Wildman–Crippen LogP) is 2.48. The molecule has 0 heterocycles. The summed E-state index contributed by atoms with van der Waals surface area (Å²) in [6.07, 6.45) is 3.56. The average molecular weight is 200 g/mol. The number of nitrogens with two attached hydrogens (primary N) is 1. The van der Waals surface area contributed by atoms with Crippen LogP contribution < -0.4 is 5.73 Å². The van der Waals surface area contributed by atoms with Gasteiger partial charge >= 0.3 is 0 Å². The minimum Gasteiger partial charge on any atom is -0.326 e. The normalized spacial score (nSPS) is 20.6. The van der Waals surface area contributed by atoms with Gasteiger partial charge in [0.1, 0.15) is 0 Å². The van der Waals surface area contributed by atoms with Gasteiger partial charge in [-0.05, 0) is 39.8 Å². The maximum Gasteiger partial charge on any atom is 0.0326 e. The average Bonchev–Trinajstić information content (AvgIpc) is 2.15. The first kappa shape index (κ1) is 13.9. The van der Waals surface area contributed by atoms with E-state index in [0.717, 1.165) is 6.42 Å². The quantitative estimate of drug-likeness (QED) is 0.714. The van der Waals surface area contributed by atoms with Crippen molar-refractivity contribution in [3.63, 3.8) is 0 Å². The van der Waals surface area contributed by atoms with Crippen molar-refractivity contribution in [3.05, 3.63) is 0 Å². The Bertz CT molecular complexity index is 156. The number of likely N-dealkylation sites (N-methyl/N-ethyl adjacent to an activating group) is 1. The summed E-state index contributed by atoms with van der Waals surface area (Å²) in [6.45, 7) is 8.98. The van der Waals surface area contributed by atoms with Gasteiger partial charge in [-0.25, -0.2) is 0 Å². The van der Waals surface area contributed by atoms with E-state index in [1.165, 1.54) is 12.8 Å². The van der Waals surface area contributed by atoms with Crippen molar-refractivity contribution >= 4 is 0 Å². The summed E-state index contributed by atoms with van der Waals surface area (Å²) in [5, 5.41) is 0. The van der Waals surface area contributed by atoms with Gasteiger partial charge in [0.05, 0.1) is 0 Å². The molecule has 0 aliphatic carbocycles. The first-order chi connectivity index (χ1) is 6.40. The molecule has 14 heavy (non-hydrogen) atoms. The van der Waals surface area contributed by atoms with Crippen LogP contribution in [0.15, 0.2) is 0 Å². The molecule has 2 N–H and O–H groups in total. The molecule has 0 aliphatic heterocycles. The first-order valence-electron chi connectivity index (χ1n) is 5.83. The summed E-state index contributed by atoms with van der Waals surface area (Å²) in [4.78, 5) is 2.27. The molecule has 0 bridgehead atoms. The molecular formula is C12H28N2. The maximum atomic E-state index is 6.35. The Morgan fingerprint density at radius 3 is 2.07 bits per heavy atom. The van der Waals surface area contributed by atoms with E-state index < -0.39 is 0 Å². The lowest BCUT2D eigenvalue weighted by molar-refractivity contribution is 0.103. The minimum atomic E-state index is 0.134.